The zero-order chi connectivity index (χ0) is 14.8. The number of alkyl halides is 2. The van der Waals surface area contributed by atoms with Crippen LogP contribution in [0.2, 0.25) is 0 Å². The van der Waals surface area contributed by atoms with Crippen molar-refractivity contribution >= 4 is 22.5 Å². The summed E-state index contributed by atoms with van der Waals surface area (Å²) in [5, 5.41) is 6.94. The third-order valence-electron chi connectivity index (χ3n) is 2.93. The smallest absolute Gasteiger partial charge is 0.320 e. The number of halogens is 2. The van der Waals surface area contributed by atoms with E-state index >= 15 is 0 Å². The lowest BCUT2D eigenvalue weighted by Crippen LogP contribution is -2.13. The number of nitrogens with one attached hydrogen (secondary N) is 1. The van der Waals surface area contributed by atoms with Gasteiger partial charge in [0.1, 0.15) is 0 Å². The van der Waals surface area contributed by atoms with Gasteiger partial charge in [-0.15, -0.1) is 0 Å². The van der Waals surface area contributed by atoms with Gasteiger partial charge in [0.2, 0.25) is 0 Å². The summed E-state index contributed by atoms with van der Waals surface area (Å²) in [4.78, 5) is 16.2. The number of fused-ring (bicyclic) bond motifs is 1. The molecule has 0 aliphatic carbocycles. The molecular weight excluding hydrogens is 278 g/mol. The lowest BCUT2D eigenvalue weighted by atomic mass is 10.2. The fourth-order valence-corrected chi connectivity index (χ4v) is 1.97. The number of amides is 1. The van der Waals surface area contributed by atoms with Crippen LogP contribution in [0.4, 0.5) is 14.5 Å². The van der Waals surface area contributed by atoms with Crippen LogP contribution in [0.3, 0.4) is 0 Å². The average molecular weight is 288 g/mol. The summed E-state index contributed by atoms with van der Waals surface area (Å²) in [5.41, 5.74) is 1.21. The first-order valence-electron chi connectivity index (χ1n) is 6.13. The second-order valence-electron chi connectivity index (χ2n) is 4.29. The average Bonchev–Trinajstić information content (AvgIpc) is 2.98. The molecule has 0 radical (unpaired) electrons. The Morgan fingerprint density at radius 1 is 1.19 bits per heavy atom. The van der Waals surface area contributed by atoms with Gasteiger partial charge in [0, 0.05) is 17.8 Å². The summed E-state index contributed by atoms with van der Waals surface area (Å²) < 4.78 is 25.3. The molecule has 1 aromatic carbocycles. The molecule has 5 nitrogen and oxygen atoms in total. The van der Waals surface area contributed by atoms with E-state index in [0.29, 0.717) is 10.4 Å². The van der Waals surface area contributed by atoms with Crippen LogP contribution in [0.25, 0.3) is 10.9 Å². The number of carbonyl (C=O) groups is 1. The molecule has 21 heavy (non-hydrogen) atoms. The first-order valence-corrected chi connectivity index (χ1v) is 6.13. The van der Waals surface area contributed by atoms with Gasteiger partial charge in [-0.25, -0.2) is 4.68 Å². The maximum Gasteiger partial charge on any atom is 0.333 e. The predicted octanol–water partition coefficient (Wildman–Crippen LogP) is 3.08. The van der Waals surface area contributed by atoms with E-state index < -0.39 is 12.5 Å². The van der Waals surface area contributed by atoms with E-state index in [9.17, 15) is 13.6 Å². The second-order valence-corrected chi connectivity index (χ2v) is 4.29. The van der Waals surface area contributed by atoms with Crippen LogP contribution in [0.1, 0.15) is 17.0 Å². The third-order valence-corrected chi connectivity index (χ3v) is 2.93. The van der Waals surface area contributed by atoms with Crippen LogP contribution in [0.5, 0.6) is 0 Å². The van der Waals surface area contributed by atoms with Crippen molar-refractivity contribution in [3.05, 3.63) is 54.5 Å². The summed E-state index contributed by atoms with van der Waals surface area (Å²) in [7, 11) is 0. The van der Waals surface area contributed by atoms with Crippen molar-refractivity contribution in [1.29, 1.82) is 0 Å². The van der Waals surface area contributed by atoms with Crippen molar-refractivity contribution < 1.29 is 13.6 Å². The van der Waals surface area contributed by atoms with Crippen LogP contribution in [-0.4, -0.2) is 20.7 Å². The van der Waals surface area contributed by atoms with Crippen LogP contribution in [0, 0.1) is 0 Å². The maximum atomic E-state index is 12.4. The van der Waals surface area contributed by atoms with Crippen molar-refractivity contribution in [3.8, 4) is 0 Å². The molecule has 0 atom stereocenters. The second kappa shape index (κ2) is 5.28. The first kappa shape index (κ1) is 13.2. The molecule has 0 fully saturated rings. The number of aromatic nitrogens is 3. The van der Waals surface area contributed by atoms with E-state index in [-0.39, 0.29) is 5.69 Å². The monoisotopic (exact) mass is 288 g/mol. The lowest BCUT2D eigenvalue weighted by Gasteiger charge is -2.06. The van der Waals surface area contributed by atoms with Gasteiger partial charge in [0.15, 0.2) is 5.69 Å². The molecule has 1 amide bonds. The minimum absolute atomic E-state index is 0.0730. The van der Waals surface area contributed by atoms with E-state index in [2.05, 4.69) is 15.4 Å². The van der Waals surface area contributed by atoms with E-state index in [0.717, 1.165) is 17.1 Å². The topological polar surface area (TPSA) is 59.8 Å². The lowest BCUT2D eigenvalue weighted by molar-refractivity contribution is 0.0561. The number of rotatable bonds is 3. The third kappa shape index (κ3) is 2.58. The van der Waals surface area contributed by atoms with Crippen LogP contribution >= 0.6 is 0 Å². The number of carbonyl (C=O) groups excluding carboxylic acids is 1. The first-order chi connectivity index (χ1) is 10.1. The molecule has 2 heterocycles. The number of nitrogens with zero attached hydrogens (tertiary/aromatic N) is 3. The summed E-state index contributed by atoms with van der Waals surface area (Å²) in [6, 6.07) is 10.1. The Labute approximate surface area is 118 Å². The highest BCUT2D eigenvalue weighted by Crippen LogP contribution is 2.21. The van der Waals surface area contributed by atoms with Gasteiger partial charge >= 0.3 is 6.55 Å². The van der Waals surface area contributed by atoms with E-state index in [1.165, 1.54) is 6.07 Å². The molecule has 0 unspecified atom stereocenters. The quantitative estimate of drug-likeness (QED) is 0.805. The maximum absolute atomic E-state index is 12.4. The van der Waals surface area contributed by atoms with E-state index in [1.807, 2.05) is 12.1 Å². The van der Waals surface area contributed by atoms with Gasteiger partial charge in [-0.1, -0.05) is 6.07 Å². The van der Waals surface area contributed by atoms with E-state index in [1.54, 1.807) is 24.4 Å². The number of benzene rings is 1. The van der Waals surface area contributed by atoms with Gasteiger partial charge in [-0.3, -0.25) is 9.78 Å². The fraction of sp³-hybridized carbons (Fsp3) is 0.0714. The van der Waals surface area contributed by atoms with Crippen LogP contribution < -0.4 is 5.32 Å². The highest BCUT2D eigenvalue weighted by molar-refractivity contribution is 6.07. The minimum atomic E-state index is -2.77. The largest absolute Gasteiger partial charge is 0.333 e. The molecule has 1 N–H and O–H groups in total. The summed E-state index contributed by atoms with van der Waals surface area (Å²) >= 11 is 0. The molecule has 7 heteroatoms. The van der Waals surface area contributed by atoms with Crippen molar-refractivity contribution in [2.24, 2.45) is 0 Å². The fourth-order valence-electron chi connectivity index (χ4n) is 1.97. The van der Waals surface area contributed by atoms with Crippen LogP contribution in [0.15, 0.2) is 48.8 Å². The zero-order valence-corrected chi connectivity index (χ0v) is 10.7. The van der Waals surface area contributed by atoms with E-state index in [4.69, 9.17) is 0 Å². The molecule has 0 aliphatic heterocycles. The molecule has 0 saturated heterocycles. The van der Waals surface area contributed by atoms with Crippen molar-refractivity contribution in [1.82, 2.24) is 14.8 Å². The predicted molar refractivity (Wildman–Crippen MR) is 73.2 cm³/mol. The Morgan fingerprint density at radius 3 is 2.81 bits per heavy atom. The van der Waals surface area contributed by atoms with Crippen molar-refractivity contribution in [2.75, 3.05) is 5.32 Å². The molecule has 0 spiro atoms. The van der Waals surface area contributed by atoms with Crippen molar-refractivity contribution in [3.63, 3.8) is 0 Å². The summed E-state index contributed by atoms with van der Waals surface area (Å²) in [6.45, 7) is -2.77. The van der Waals surface area contributed by atoms with Gasteiger partial charge in [-0.2, -0.15) is 13.9 Å². The highest BCUT2D eigenvalue weighted by Gasteiger charge is 2.14. The molecule has 2 aromatic heterocycles. The minimum Gasteiger partial charge on any atom is -0.320 e. The number of hydrogen-bond donors (Lipinski definition) is 1. The SMILES string of the molecule is O=C(Nc1cccc2ncccc12)c1ccn(C(F)F)n1. The number of pyridine rings is 1. The van der Waals surface area contributed by atoms with Crippen LogP contribution in [-0.2, 0) is 0 Å². The van der Waals surface area contributed by atoms with Gasteiger partial charge in [0.05, 0.1) is 11.2 Å². The molecular formula is C14H10F2N4O. The van der Waals surface area contributed by atoms with Gasteiger partial charge in [0.25, 0.3) is 5.91 Å². The molecule has 106 valence electrons. The molecule has 0 aliphatic rings. The van der Waals surface area contributed by atoms with Gasteiger partial charge in [-0.05, 0) is 30.3 Å². The Morgan fingerprint density at radius 2 is 2.05 bits per heavy atom. The molecule has 3 rings (SSSR count). The zero-order valence-electron chi connectivity index (χ0n) is 10.7. The summed E-state index contributed by atoms with van der Waals surface area (Å²) in [5.74, 6) is -0.550. The summed E-state index contributed by atoms with van der Waals surface area (Å²) in [6.07, 6.45) is 2.71. The van der Waals surface area contributed by atoms with Gasteiger partial charge < -0.3 is 5.32 Å². The normalized spacial score (nSPS) is 11.0. The highest BCUT2D eigenvalue weighted by atomic mass is 19.3. The standard InChI is InChI=1S/C14H10F2N4O/c15-14(16)20-8-6-12(19-20)13(21)18-11-5-1-4-10-9(11)3-2-7-17-10/h1-8,14H,(H,18,21). The number of anilines is 1. The Balaban J connectivity index is 1.89. The van der Waals surface area contributed by atoms with Crippen molar-refractivity contribution in [2.45, 2.75) is 6.55 Å². The number of hydrogen-bond acceptors (Lipinski definition) is 3. The molecule has 0 bridgehead atoms. The molecule has 0 saturated carbocycles. The molecule has 3 aromatic rings. The Hall–Kier alpha value is -2.83. The Kier molecular flexibility index (Phi) is 3.31. The Bertz CT molecular complexity index is 795.